The Morgan fingerprint density at radius 3 is 2.07 bits per heavy atom. The summed E-state index contributed by atoms with van der Waals surface area (Å²) in [6.07, 6.45) is -3.89. The molecule has 0 bridgehead atoms. The molecule has 1 aliphatic rings. The van der Waals surface area contributed by atoms with Crippen LogP contribution >= 0.6 is 22.6 Å². The number of alkyl halides is 1. The van der Waals surface area contributed by atoms with Crippen molar-refractivity contribution in [2.75, 3.05) is 0 Å². The molecule has 0 spiro atoms. The highest BCUT2D eigenvalue weighted by Crippen LogP contribution is 2.29. The predicted molar refractivity (Wildman–Crippen MR) is 106 cm³/mol. The number of carbonyl (C=O) groups is 4. The number of halogens is 1. The maximum atomic E-state index is 12.3. The molecule has 0 amide bonds. The van der Waals surface area contributed by atoms with E-state index in [4.69, 9.17) is 18.9 Å². The molecule has 0 saturated carbocycles. The first-order valence-corrected chi connectivity index (χ1v) is 9.71. The first-order chi connectivity index (χ1) is 14.0. The highest BCUT2D eigenvalue weighted by atomic mass is 127. The maximum Gasteiger partial charge on any atom is 0.352 e. The number of ether oxygens (including phenoxy) is 4. The summed E-state index contributed by atoms with van der Waals surface area (Å²) < 4.78 is 19.7. The fourth-order valence-corrected chi connectivity index (χ4v) is 3.46. The standard InChI is InChI=1S/C20H15IO8/c21-17(29-19(24)13-9-5-2-6-10-13)15-14(26-11-22)16(20(25)27-15)28-18(23)12-7-3-1-4-8-12/h1-11,14-17H/t14-,15-,16-,17?/m0/s1. The van der Waals surface area contributed by atoms with E-state index in [2.05, 4.69) is 0 Å². The Hall–Kier alpha value is -2.95. The topological polar surface area (TPSA) is 105 Å². The largest absolute Gasteiger partial charge is 0.456 e. The van der Waals surface area contributed by atoms with Gasteiger partial charge < -0.3 is 18.9 Å². The predicted octanol–water partition coefficient (Wildman–Crippen LogP) is 2.30. The van der Waals surface area contributed by atoms with Gasteiger partial charge in [0.05, 0.1) is 11.1 Å². The van der Waals surface area contributed by atoms with Crippen molar-refractivity contribution in [1.82, 2.24) is 0 Å². The van der Waals surface area contributed by atoms with E-state index in [-0.39, 0.29) is 12.0 Å². The van der Waals surface area contributed by atoms with Crippen LogP contribution < -0.4 is 0 Å². The van der Waals surface area contributed by atoms with Gasteiger partial charge in [0.2, 0.25) is 6.10 Å². The first-order valence-electron chi connectivity index (χ1n) is 8.47. The van der Waals surface area contributed by atoms with Gasteiger partial charge in [-0.3, -0.25) is 4.79 Å². The lowest BCUT2D eigenvalue weighted by Gasteiger charge is -2.23. The van der Waals surface area contributed by atoms with E-state index in [0.717, 1.165) is 0 Å². The molecule has 29 heavy (non-hydrogen) atoms. The fourth-order valence-electron chi connectivity index (χ4n) is 2.67. The van der Waals surface area contributed by atoms with Gasteiger partial charge in [-0.2, -0.15) is 0 Å². The molecule has 0 aromatic heterocycles. The minimum absolute atomic E-state index is 0.116. The van der Waals surface area contributed by atoms with Gasteiger partial charge in [-0.15, -0.1) is 0 Å². The van der Waals surface area contributed by atoms with Crippen molar-refractivity contribution < 1.29 is 38.1 Å². The van der Waals surface area contributed by atoms with E-state index in [1.165, 1.54) is 12.1 Å². The third-order valence-corrected chi connectivity index (χ3v) is 5.01. The Kier molecular flexibility index (Phi) is 6.81. The summed E-state index contributed by atoms with van der Waals surface area (Å²) in [5.41, 5.74) is 0.522. The number of carbonyl (C=O) groups excluding carboxylic acids is 4. The summed E-state index contributed by atoms with van der Waals surface area (Å²) in [7, 11) is 0. The molecule has 0 aliphatic carbocycles. The van der Waals surface area contributed by atoms with Crippen LogP contribution in [-0.4, -0.2) is 46.8 Å². The zero-order valence-corrected chi connectivity index (χ0v) is 17.0. The quantitative estimate of drug-likeness (QED) is 0.184. The molecule has 8 nitrogen and oxygen atoms in total. The van der Waals surface area contributed by atoms with Gasteiger partial charge in [0.1, 0.15) is 0 Å². The molecular weight excluding hydrogens is 495 g/mol. The number of esters is 3. The number of rotatable bonds is 7. The molecule has 1 saturated heterocycles. The lowest BCUT2D eigenvalue weighted by atomic mass is 10.1. The molecule has 1 aliphatic heterocycles. The minimum atomic E-state index is -1.48. The van der Waals surface area contributed by atoms with Gasteiger partial charge in [0, 0.05) is 0 Å². The van der Waals surface area contributed by atoms with Crippen LogP contribution in [0.2, 0.25) is 0 Å². The third-order valence-electron chi connectivity index (χ3n) is 4.05. The van der Waals surface area contributed by atoms with Gasteiger partial charge >= 0.3 is 17.9 Å². The Morgan fingerprint density at radius 2 is 1.52 bits per heavy atom. The van der Waals surface area contributed by atoms with Gasteiger partial charge in [0.15, 0.2) is 16.3 Å². The summed E-state index contributed by atoms with van der Waals surface area (Å²) in [5.74, 6) is -2.32. The van der Waals surface area contributed by atoms with E-state index in [1.54, 1.807) is 71.1 Å². The molecule has 2 aromatic carbocycles. The molecule has 9 heteroatoms. The highest BCUT2D eigenvalue weighted by Gasteiger charge is 2.53. The van der Waals surface area contributed by atoms with Crippen molar-refractivity contribution >= 4 is 47.0 Å². The number of hydrogen-bond acceptors (Lipinski definition) is 8. The lowest BCUT2D eigenvalue weighted by Crippen LogP contribution is -2.42. The van der Waals surface area contributed by atoms with Gasteiger partial charge in [0.25, 0.3) is 6.47 Å². The van der Waals surface area contributed by atoms with Gasteiger partial charge in [-0.1, -0.05) is 36.4 Å². The Balaban J connectivity index is 1.72. The Bertz CT molecular complexity index is 886. The van der Waals surface area contributed by atoms with Crippen LogP contribution in [0.4, 0.5) is 0 Å². The molecule has 0 N–H and O–H groups in total. The molecule has 0 radical (unpaired) electrons. The van der Waals surface area contributed by atoms with E-state index in [9.17, 15) is 19.2 Å². The molecule has 3 rings (SSSR count). The van der Waals surface area contributed by atoms with Crippen LogP contribution in [0.15, 0.2) is 60.7 Å². The van der Waals surface area contributed by atoms with E-state index >= 15 is 0 Å². The molecule has 1 fully saturated rings. The van der Waals surface area contributed by atoms with Crippen LogP contribution in [0.25, 0.3) is 0 Å². The van der Waals surface area contributed by atoms with Crippen LogP contribution in [0.5, 0.6) is 0 Å². The average molecular weight is 510 g/mol. The SMILES string of the molecule is O=CO[C@@H]1[C@H](OC(=O)c2ccccc2)C(=O)O[C@@H]1C(I)OC(=O)c1ccccc1. The van der Waals surface area contributed by atoms with E-state index < -0.39 is 40.3 Å². The van der Waals surface area contributed by atoms with Crippen LogP contribution in [0, 0.1) is 0 Å². The van der Waals surface area contributed by atoms with Crippen molar-refractivity contribution in [3.8, 4) is 0 Å². The second-order valence-electron chi connectivity index (χ2n) is 5.91. The summed E-state index contributed by atoms with van der Waals surface area (Å²) in [6.45, 7) is 0.116. The van der Waals surface area contributed by atoms with Crippen molar-refractivity contribution in [2.45, 2.75) is 22.4 Å². The summed E-state index contributed by atoms with van der Waals surface area (Å²) >= 11 is 1.75. The zero-order chi connectivity index (χ0) is 20.8. The smallest absolute Gasteiger partial charge is 0.352 e. The van der Waals surface area contributed by atoms with Crippen LogP contribution in [-0.2, 0) is 28.5 Å². The number of cyclic esters (lactones) is 1. The molecule has 4 atom stereocenters. The lowest BCUT2D eigenvalue weighted by molar-refractivity contribution is -0.149. The van der Waals surface area contributed by atoms with E-state index in [1.807, 2.05) is 0 Å². The van der Waals surface area contributed by atoms with Gasteiger partial charge in [-0.25, -0.2) is 14.4 Å². The normalized spacial score (nSPS) is 21.6. The monoisotopic (exact) mass is 510 g/mol. The molecule has 1 unspecified atom stereocenters. The van der Waals surface area contributed by atoms with Crippen molar-refractivity contribution in [1.29, 1.82) is 0 Å². The third kappa shape index (κ3) is 4.91. The second kappa shape index (κ2) is 9.50. The van der Waals surface area contributed by atoms with Crippen molar-refractivity contribution in [3.05, 3.63) is 71.8 Å². The zero-order valence-electron chi connectivity index (χ0n) is 14.8. The molecular formula is C20H15IO8. The minimum Gasteiger partial charge on any atom is -0.456 e. The Labute approximate surface area is 179 Å². The molecule has 1 heterocycles. The second-order valence-corrected chi connectivity index (χ2v) is 7.14. The summed E-state index contributed by atoms with van der Waals surface area (Å²) in [5, 5.41) is 0. The number of benzene rings is 2. The summed E-state index contributed by atoms with van der Waals surface area (Å²) in [4.78, 5) is 47.7. The maximum absolute atomic E-state index is 12.3. The van der Waals surface area contributed by atoms with Gasteiger partial charge in [-0.05, 0) is 46.9 Å². The summed E-state index contributed by atoms with van der Waals surface area (Å²) in [6, 6.07) is 16.2. The van der Waals surface area contributed by atoms with Crippen LogP contribution in [0.1, 0.15) is 20.7 Å². The molecule has 150 valence electrons. The Morgan fingerprint density at radius 1 is 0.966 bits per heavy atom. The molecule has 2 aromatic rings. The highest BCUT2D eigenvalue weighted by molar-refractivity contribution is 14.1. The fraction of sp³-hybridized carbons (Fsp3) is 0.200. The number of hydrogen-bond donors (Lipinski definition) is 0. The van der Waals surface area contributed by atoms with Crippen molar-refractivity contribution in [3.63, 3.8) is 0 Å². The van der Waals surface area contributed by atoms with Crippen LogP contribution in [0.3, 0.4) is 0 Å². The average Bonchev–Trinajstić information content (AvgIpc) is 3.05. The van der Waals surface area contributed by atoms with Crippen molar-refractivity contribution in [2.24, 2.45) is 0 Å². The first kappa shape index (κ1) is 20.8. The van der Waals surface area contributed by atoms with E-state index in [0.29, 0.717) is 5.56 Å².